The van der Waals surface area contributed by atoms with E-state index < -0.39 is 0 Å². The standard InChI is InChI=1S/C10H10N4/c11-9-6-13-10(14-7-9)4-8-2-1-3-12-5-8/h1-3,5-7H,4,11H2. The minimum Gasteiger partial charge on any atom is -0.396 e. The van der Waals surface area contributed by atoms with Gasteiger partial charge in [0.2, 0.25) is 0 Å². The number of pyridine rings is 1. The Morgan fingerprint density at radius 2 is 1.93 bits per heavy atom. The quantitative estimate of drug-likeness (QED) is 0.761. The third kappa shape index (κ3) is 2.04. The van der Waals surface area contributed by atoms with Crippen LogP contribution < -0.4 is 5.73 Å². The molecule has 2 aromatic rings. The Morgan fingerprint density at radius 3 is 2.57 bits per heavy atom. The Hall–Kier alpha value is -1.97. The molecule has 2 heterocycles. The lowest BCUT2D eigenvalue weighted by molar-refractivity contribution is 0.964. The summed E-state index contributed by atoms with van der Waals surface area (Å²) in [6.45, 7) is 0. The summed E-state index contributed by atoms with van der Waals surface area (Å²) in [6.07, 6.45) is 7.46. The van der Waals surface area contributed by atoms with Gasteiger partial charge in [0, 0.05) is 18.8 Å². The van der Waals surface area contributed by atoms with Crippen LogP contribution in [-0.4, -0.2) is 15.0 Å². The zero-order valence-corrected chi connectivity index (χ0v) is 7.59. The molecule has 0 unspecified atom stereocenters. The first kappa shape index (κ1) is 8.62. The second kappa shape index (κ2) is 3.83. The molecule has 0 aliphatic heterocycles. The molecule has 0 amide bonds. The van der Waals surface area contributed by atoms with Gasteiger partial charge in [-0.05, 0) is 11.6 Å². The van der Waals surface area contributed by atoms with Gasteiger partial charge < -0.3 is 5.73 Å². The molecule has 0 fully saturated rings. The first-order valence-corrected chi connectivity index (χ1v) is 4.30. The van der Waals surface area contributed by atoms with E-state index in [9.17, 15) is 0 Å². The third-order valence-electron chi connectivity index (χ3n) is 1.81. The number of nitrogens with two attached hydrogens (primary N) is 1. The monoisotopic (exact) mass is 186 g/mol. The molecule has 0 radical (unpaired) electrons. The minimum atomic E-state index is 0.583. The van der Waals surface area contributed by atoms with Gasteiger partial charge in [0.25, 0.3) is 0 Å². The number of aromatic nitrogens is 3. The molecule has 0 atom stereocenters. The third-order valence-corrected chi connectivity index (χ3v) is 1.81. The largest absolute Gasteiger partial charge is 0.396 e. The molecule has 0 saturated carbocycles. The zero-order valence-electron chi connectivity index (χ0n) is 7.59. The summed E-state index contributed by atoms with van der Waals surface area (Å²) >= 11 is 0. The van der Waals surface area contributed by atoms with Crippen LogP contribution in [0.4, 0.5) is 5.69 Å². The average Bonchev–Trinajstić information content (AvgIpc) is 2.23. The smallest absolute Gasteiger partial charge is 0.132 e. The van der Waals surface area contributed by atoms with Crippen molar-refractivity contribution in [3.05, 3.63) is 48.3 Å². The van der Waals surface area contributed by atoms with E-state index in [2.05, 4.69) is 15.0 Å². The second-order valence-electron chi connectivity index (χ2n) is 2.97. The van der Waals surface area contributed by atoms with E-state index >= 15 is 0 Å². The second-order valence-corrected chi connectivity index (χ2v) is 2.97. The van der Waals surface area contributed by atoms with Crippen molar-refractivity contribution >= 4 is 5.69 Å². The Bertz CT molecular complexity index is 396. The van der Waals surface area contributed by atoms with Crippen molar-refractivity contribution in [2.45, 2.75) is 6.42 Å². The Kier molecular flexibility index (Phi) is 2.36. The minimum absolute atomic E-state index is 0.583. The van der Waals surface area contributed by atoms with Gasteiger partial charge in [-0.3, -0.25) is 4.98 Å². The topological polar surface area (TPSA) is 64.7 Å². The first-order chi connectivity index (χ1) is 6.84. The van der Waals surface area contributed by atoms with Gasteiger partial charge in [-0.2, -0.15) is 0 Å². The number of nitrogen functional groups attached to an aromatic ring is 1. The van der Waals surface area contributed by atoms with E-state index in [1.807, 2.05) is 12.1 Å². The Labute approximate surface area is 81.9 Å². The summed E-state index contributed by atoms with van der Waals surface area (Å²) in [5.74, 6) is 0.757. The van der Waals surface area contributed by atoms with Crippen molar-refractivity contribution in [2.75, 3.05) is 5.73 Å². The van der Waals surface area contributed by atoms with Gasteiger partial charge in [0.05, 0.1) is 18.1 Å². The van der Waals surface area contributed by atoms with E-state index in [0.29, 0.717) is 12.1 Å². The van der Waals surface area contributed by atoms with E-state index in [4.69, 9.17) is 5.73 Å². The highest BCUT2D eigenvalue weighted by molar-refractivity contribution is 5.30. The summed E-state index contributed by atoms with van der Waals surface area (Å²) in [4.78, 5) is 12.2. The van der Waals surface area contributed by atoms with Crippen LogP contribution in [0.15, 0.2) is 36.9 Å². The predicted molar refractivity (Wildman–Crippen MR) is 53.5 cm³/mol. The number of rotatable bonds is 2. The summed E-state index contributed by atoms with van der Waals surface area (Å²) in [5.41, 5.74) is 7.16. The van der Waals surface area contributed by atoms with Crippen LogP contribution in [0.25, 0.3) is 0 Å². The normalized spacial score (nSPS) is 10.0. The van der Waals surface area contributed by atoms with Crippen LogP contribution in [0.2, 0.25) is 0 Å². The summed E-state index contributed by atoms with van der Waals surface area (Å²) in [5, 5.41) is 0. The van der Waals surface area contributed by atoms with Crippen molar-refractivity contribution < 1.29 is 0 Å². The molecule has 14 heavy (non-hydrogen) atoms. The van der Waals surface area contributed by atoms with Crippen LogP contribution in [-0.2, 0) is 6.42 Å². The summed E-state index contributed by atoms with van der Waals surface area (Å²) < 4.78 is 0. The van der Waals surface area contributed by atoms with Crippen LogP contribution in [0, 0.1) is 0 Å². The summed E-state index contributed by atoms with van der Waals surface area (Å²) in [7, 11) is 0. The van der Waals surface area contributed by atoms with Crippen molar-refractivity contribution in [3.8, 4) is 0 Å². The van der Waals surface area contributed by atoms with Gasteiger partial charge in [0.1, 0.15) is 5.82 Å². The number of anilines is 1. The van der Waals surface area contributed by atoms with Crippen molar-refractivity contribution in [3.63, 3.8) is 0 Å². The predicted octanol–water partition coefficient (Wildman–Crippen LogP) is 1.04. The molecule has 70 valence electrons. The van der Waals surface area contributed by atoms with Crippen molar-refractivity contribution in [2.24, 2.45) is 0 Å². The zero-order chi connectivity index (χ0) is 9.80. The molecular formula is C10H10N4. The van der Waals surface area contributed by atoms with E-state index in [0.717, 1.165) is 11.4 Å². The molecule has 0 saturated heterocycles. The highest BCUT2D eigenvalue weighted by atomic mass is 14.9. The molecule has 0 aromatic carbocycles. The van der Waals surface area contributed by atoms with Gasteiger partial charge in [-0.1, -0.05) is 6.07 Å². The fraction of sp³-hybridized carbons (Fsp3) is 0.100. The fourth-order valence-corrected chi connectivity index (χ4v) is 1.14. The SMILES string of the molecule is Nc1cnc(Cc2cccnc2)nc1. The molecule has 2 N–H and O–H groups in total. The molecule has 0 bridgehead atoms. The lowest BCUT2D eigenvalue weighted by Gasteiger charge is -1.99. The van der Waals surface area contributed by atoms with Crippen molar-refractivity contribution in [1.82, 2.24) is 15.0 Å². The van der Waals surface area contributed by atoms with Crippen LogP contribution in [0.5, 0.6) is 0 Å². The van der Waals surface area contributed by atoms with Crippen molar-refractivity contribution in [1.29, 1.82) is 0 Å². The number of nitrogens with zero attached hydrogens (tertiary/aromatic N) is 3. The van der Waals surface area contributed by atoms with Gasteiger partial charge in [-0.15, -0.1) is 0 Å². The van der Waals surface area contributed by atoms with Gasteiger partial charge in [-0.25, -0.2) is 9.97 Å². The average molecular weight is 186 g/mol. The highest BCUT2D eigenvalue weighted by Gasteiger charge is 1.97. The molecule has 4 heteroatoms. The Balaban J connectivity index is 2.16. The van der Waals surface area contributed by atoms with Crippen LogP contribution in [0.1, 0.15) is 11.4 Å². The maximum atomic E-state index is 5.48. The fourth-order valence-electron chi connectivity index (χ4n) is 1.14. The molecule has 0 spiro atoms. The summed E-state index contributed by atoms with van der Waals surface area (Å²) in [6, 6.07) is 3.89. The van der Waals surface area contributed by atoms with E-state index in [1.165, 1.54) is 0 Å². The van der Waals surface area contributed by atoms with Gasteiger partial charge >= 0.3 is 0 Å². The van der Waals surface area contributed by atoms with Gasteiger partial charge in [0.15, 0.2) is 0 Å². The molecule has 2 aromatic heterocycles. The van der Waals surface area contributed by atoms with E-state index in [-0.39, 0.29) is 0 Å². The molecule has 0 aliphatic carbocycles. The number of hydrogen-bond acceptors (Lipinski definition) is 4. The van der Waals surface area contributed by atoms with Crippen LogP contribution >= 0.6 is 0 Å². The van der Waals surface area contributed by atoms with E-state index in [1.54, 1.807) is 24.8 Å². The highest BCUT2D eigenvalue weighted by Crippen LogP contribution is 2.04. The first-order valence-electron chi connectivity index (χ1n) is 4.30. The van der Waals surface area contributed by atoms with Crippen LogP contribution in [0.3, 0.4) is 0 Å². The molecule has 0 aliphatic rings. The maximum absolute atomic E-state index is 5.48. The lowest BCUT2D eigenvalue weighted by Crippen LogP contribution is -1.97. The Morgan fingerprint density at radius 1 is 1.14 bits per heavy atom. The maximum Gasteiger partial charge on any atom is 0.132 e. The molecule has 2 rings (SSSR count). The molecular weight excluding hydrogens is 176 g/mol. The number of hydrogen-bond donors (Lipinski definition) is 1. The molecule has 4 nitrogen and oxygen atoms in total. The lowest BCUT2D eigenvalue weighted by atomic mass is 10.2.